The molecule has 0 amide bonds. The van der Waals surface area contributed by atoms with Gasteiger partial charge in [-0.1, -0.05) is 6.07 Å². The van der Waals surface area contributed by atoms with Gasteiger partial charge in [-0.3, -0.25) is 4.98 Å². The zero-order valence-electron chi connectivity index (χ0n) is 8.07. The van der Waals surface area contributed by atoms with Crippen LogP contribution >= 0.6 is 0 Å². The van der Waals surface area contributed by atoms with E-state index in [1.807, 2.05) is 0 Å². The number of hydrogen-bond donors (Lipinski definition) is 1. The van der Waals surface area contributed by atoms with Crippen molar-refractivity contribution in [3.05, 3.63) is 30.1 Å². The van der Waals surface area contributed by atoms with Gasteiger partial charge in [0, 0.05) is 11.6 Å². The summed E-state index contributed by atoms with van der Waals surface area (Å²) in [5, 5.41) is 10.7. The van der Waals surface area contributed by atoms with E-state index >= 15 is 0 Å². The number of carboxylic acid groups (broad SMARTS) is 1. The number of carboxylic acids is 1. The highest BCUT2D eigenvalue weighted by Gasteiger charge is 2.22. The Morgan fingerprint density at radius 3 is 2.46 bits per heavy atom. The molecule has 4 nitrogen and oxygen atoms in total. The van der Waals surface area contributed by atoms with E-state index < -0.39 is 11.4 Å². The minimum atomic E-state index is -1.11. The molecule has 0 unspecified atom stereocenters. The van der Waals surface area contributed by atoms with Crippen LogP contribution < -0.4 is 11.3 Å². The van der Waals surface area contributed by atoms with E-state index in [1.54, 1.807) is 38.2 Å². The lowest BCUT2D eigenvalue weighted by Gasteiger charge is -2.24. The fourth-order valence-corrected chi connectivity index (χ4v) is 0.837. The van der Waals surface area contributed by atoms with Crippen molar-refractivity contribution in [2.45, 2.75) is 19.3 Å². The van der Waals surface area contributed by atoms with E-state index in [0.29, 0.717) is 5.69 Å². The molecule has 0 aliphatic carbocycles. The average Bonchev–Trinajstić information content (AvgIpc) is 2.06. The molecule has 0 spiro atoms. The highest BCUT2D eigenvalue weighted by molar-refractivity contribution is 5.77. The molecule has 13 heavy (non-hydrogen) atoms. The van der Waals surface area contributed by atoms with Crippen molar-refractivity contribution in [1.82, 2.24) is 11.1 Å². The molecule has 0 radical (unpaired) electrons. The van der Waals surface area contributed by atoms with Crippen molar-refractivity contribution in [2.75, 3.05) is 0 Å². The van der Waals surface area contributed by atoms with E-state index in [4.69, 9.17) is 0 Å². The van der Waals surface area contributed by atoms with Gasteiger partial charge in [-0.05, 0) is 26.0 Å². The van der Waals surface area contributed by atoms with E-state index in [1.165, 1.54) is 0 Å². The van der Waals surface area contributed by atoms with Crippen molar-refractivity contribution in [3.8, 4) is 0 Å². The van der Waals surface area contributed by atoms with E-state index in [-0.39, 0.29) is 6.15 Å². The summed E-state index contributed by atoms with van der Waals surface area (Å²) in [5.41, 5.74) is -0.494. The Bertz CT molecular complexity index is 283. The third-order valence-electron chi connectivity index (χ3n) is 1.82. The molecule has 1 rings (SSSR count). The van der Waals surface area contributed by atoms with Gasteiger partial charge < -0.3 is 16.1 Å². The fraction of sp³-hybridized carbons (Fsp3) is 0.333. The molecule has 0 fully saturated rings. The quantitative estimate of drug-likeness (QED) is 0.721. The smallest absolute Gasteiger partial charge is 0.0530 e. The summed E-state index contributed by atoms with van der Waals surface area (Å²) >= 11 is 0. The summed E-state index contributed by atoms with van der Waals surface area (Å²) in [6.07, 6.45) is 1.57. The Hall–Kier alpha value is -1.42. The first-order valence-corrected chi connectivity index (χ1v) is 3.68. The minimum absolute atomic E-state index is 0. The second-order valence-electron chi connectivity index (χ2n) is 3.13. The van der Waals surface area contributed by atoms with Gasteiger partial charge in [0.25, 0.3) is 0 Å². The number of aromatic nitrogens is 1. The van der Waals surface area contributed by atoms with Gasteiger partial charge in [0.2, 0.25) is 0 Å². The molecular formula is C9H14N2O2. The Balaban J connectivity index is 0.00000144. The summed E-state index contributed by atoms with van der Waals surface area (Å²) in [5.74, 6) is -1.11. The van der Waals surface area contributed by atoms with Crippen LogP contribution in [0.15, 0.2) is 24.4 Å². The van der Waals surface area contributed by atoms with E-state index in [9.17, 15) is 9.90 Å². The van der Waals surface area contributed by atoms with Gasteiger partial charge in [-0.2, -0.15) is 0 Å². The van der Waals surface area contributed by atoms with Crippen LogP contribution in [0.4, 0.5) is 0 Å². The van der Waals surface area contributed by atoms with Crippen molar-refractivity contribution >= 4 is 5.97 Å². The molecule has 72 valence electrons. The molecule has 0 aromatic carbocycles. The maximum atomic E-state index is 10.7. The molecule has 0 bridgehead atoms. The first-order valence-electron chi connectivity index (χ1n) is 3.68. The van der Waals surface area contributed by atoms with Crippen LogP contribution in [0.1, 0.15) is 19.5 Å². The van der Waals surface area contributed by atoms with Crippen LogP contribution in [-0.4, -0.2) is 11.0 Å². The number of rotatable bonds is 2. The Morgan fingerprint density at radius 2 is 2.08 bits per heavy atom. The molecule has 0 saturated carbocycles. The largest absolute Gasteiger partial charge is 0.549 e. The van der Waals surface area contributed by atoms with Crippen LogP contribution in [0, 0.1) is 0 Å². The molecule has 4 N–H and O–H groups in total. The highest BCUT2D eigenvalue weighted by Crippen LogP contribution is 2.18. The monoisotopic (exact) mass is 182 g/mol. The molecule has 0 atom stereocenters. The molecule has 1 heterocycles. The van der Waals surface area contributed by atoms with Crippen LogP contribution in [0.2, 0.25) is 0 Å². The van der Waals surface area contributed by atoms with Gasteiger partial charge in [0.05, 0.1) is 11.7 Å². The standard InChI is InChI=1S/C9H11NO2.H3N/c1-9(2,8(11)12)7-5-3-4-6-10-7;/h3-6H,1-2H3,(H,11,12);1H3. The zero-order chi connectivity index (χ0) is 9.19. The number of nitrogens with zero attached hydrogens (tertiary/aromatic N) is 1. The van der Waals surface area contributed by atoms with Gasteiger partial charge in [-0.15, -0.1) is 0 Å². The predicted octanol–water partition coefficient (Wildman–Crippen LogP) is 0.485. The van der Waals surface area contributed by atoms with Gasteiger partial charge in [0.1, 0.15) is 0 Å². The SMILES string of the molecule is CC(C)(C(=O)[O-])c1ccccn1.[NH4+]. The third-order valence-corrected chi connectivity index (χ3v) is 1.82. The highest BCUT2D eigenvalue weighted by atomic mass is 16.4. The lowest BCUT2D eigenvalue weighted by molar-refractivity contribution is -0.312. The first kappa shape index (κ1) is 11.6. The Morgan fingerprint density at radius 1 is 1.46 bits per heavy atom. The molecular weight excluding hydrogens is 168 g/mol. The Labute approximate surface area is 77.2 Å². The summed E-state index contributed by atoms with van der Waals surface area (Å²) in [7, 11) is 0. The third kappa shape index (κ3) is 2.26. The maximum Gasteiger partial charge on any atom is 0.0530 e. The van der Waals surface area contributed by atoms with Crippen molar-refractivity contribution in [3.63, 3.8) is 0 Å². The van der Waals surface area contributed by atoms with Gasteiger partial charge >= 0.3 is 0 Å². The summed E-state index contributed by atoms with van der Waals surface area (Å²) in [4.78, 5) is 14.6. The van der Waals surface area contributed by atoms with Crippen LogP contribution in [0.5, 0.6) is 0 Å². The molecule has 1 aromatic heterocycles. The first-order chi connectivity index (χ1) is 5.55. The number of quaternary nitrogens is 1. The van der Waals surface area contributed by atoms with Crippen molar-refractivity contribution in [2.24, 2.45) is 0 Å². The van der Waals surface area contributed by atoms with Crippen molar-refractivity contribution < 1.29 is 9.90 Å². The van der Waals surface area contributed by atoms with E-state index in [0.717, 1.165) is 0 Å². The minimum Gasteiger partial charge on any atom is -0.549 e. The number of pyridine rings is 1. The fourth-order valence-electron chi connectivity index (χ4n) is 0.837. The number of carbonyl (C=O) groups excluding carboxylic acids is 1. The van der Waals surface area contributed by atoms with E-state index in [2.05, 4.69) is 4.98 Å². The summed E-state index contributed by atoms with van der Waals surface area (Å²) < 4.78 is 0. The molecule has 0 aliphatic heterocycles. The average molecular weight is 182 g/mol. The van der Waals surface area contributed by atoms with Crippen LogP contribution in [-0.2, 0) is 10.2 Å². The normalized spacial score (nSPS) is 10.3. The second kappa shape index (κ2) is 4.00. The zero-order valence-corrected chi connectivity index (χ0v) is 8.07. The molecule has 0 saturated heterocycles. The van der Waals surface area contributed by atoms with Gasteiger partial charge in [-0.25, -0.2) is 0 Å². The molecule has 4 heteroatoms. The lowest BCUT2D eigenvalue weighted by Crippen LogP contribution is -2.41. The van der Waals surface area contributed by atoms with Crippen LogP contribution in [0.3, 0.4) is 0 Å². The maximum absolute atomic E-state index is 10.7. The molecule has 0 aliphatic rings. The number of carbonyl (C=O) groups is 1. The topological polar surface area (TPSA) is 89.5 Å². The lowest BCUT2D eigenvalue weighted by atomic mass is 9.89. The second-order valence-corrected chi connectivity index (χ2v) is 3.13. The van der Waals surface area contributed by atoms with Crippen molar-refractivity contribution in [1.29, 1.82) is 0 Å². The Kier molecular flexibility index (Phi) is 3.56. The number of aliphatic carboxylic acids is 1. The predicted molar refractivity (Wildman–Crippen MR) is 48.3 cm³/mol. The van der Waals surface area contributed by atoms with Gasteiger partial charge in [0.15, 0.2) is 0 Å². The molecule has 1 aromatic rings. The summed E-state index contributed by atoms with van der Waals surface area (Å²) in [6.45, 7) is 3.15. The number of hydrogen-bond acceptors (Lipinski definition) is 3. The van der Waals surface area contributed by atoms with Crippen LogP contribution in [0.25, 0.3) is 0 Å². The summed E-state index contributed by atoms with van der Waals surface area (Å²) in [6, 6.07) is 5.18.